The zero-order valence-corrected chi connectivity index (χ0v) is 23.3. The number of thiazole rings is 1. The number of rotatable bonds is 8. The van der Waals surface area contributed by atoms with Crippen LogP contribution in [0.5, 0.6) is 0 Å². The third-order valence-corrected chi connectivity index (χ3v) is 9.20. The molecular formula is C28H28N4O3S3. The Kier molecular flexibility index (Phi) is 9.97. The highest BCUT2D eigenvalue weighted by Crippen LogP contribution is 2.38. The van der Waals surface area contributed by atoms with Crippen LogP contribution in [0.4, 0.5) is 5.69 Å². The molecule has 196 valence electrons. The zero-order valence-electron chi connectivity index (χ0n) is 20.8. The molecule has 0 spiro atoms. The molecule has 1 aliphatic heterocycles. The van der Waals surface area contributed by atoms with E-state index in [1.54, 1.807) is 29.5 Å². The number of carbonyl (C=O) groups is 2. The molecular weight excluding hydrogens is 537 g/mol. The van der Waals surface area contributed by atoms with Gasteiger partial charge < -0.3 is 16.4 Å². The summed E-state index contributed by atoms with van der Waals surface area (Å²) < 4.78 is 12.0. The number of anilines is 1. The fourth-order valence-corrected chi connectivity index (χ4v) is 6.68. The standard InChI is InChI=1S/C14H19N3OS2.C14H9NO2S/c1-16-9-12-10-17-14(19-12)11-3-5-13(6-4-11)20(18)8-2-7-15;16-8-9-5-6-13-11(7-9)15-14(17)10-3-1-2-4-12(10)18-13/h3-6,10,16H,2,7-9,15H2,1H3;1-8H,(H,15,17). The maximum Gasteiger partial charge on any atom is 0.256 e. The van der Waals surface area contributed by atoms with Crippen LogP contribution >= 0.6 is 23.1 Å². The summed E-state index contributed by atoms with van der Waals surface area (Å²) in [7, 11) is 0.969. The molecule has 0 saturated heterocycles. The van der Waals surface area contributed by atoms with Gasteiger partial charge in [-0.3, -0.25) is 13.8 Å². The Balaban J connectivity index is 0.000000178. The normalized spacial score (nSPS) is 12.7. The number of hydrogen-bond donors (Lipinski definition) is 3. The number of fused-ring (bicyclic) bond motifs is 2. The number of hydrogen-bond acceptors (Lipinski definition) is 8. The lowest BCUT2D eigenvalue weighted by atomic mass is 10.2. The van der Waals surface area contributed by atoms with Crippen molar-refractivity contribution in [2.24, 2.45) is 5.73 Å². The number of aldehydes is 1. The maximum absolute atomic E-state index is 12.1. The molecule has 3 aromatic carbocycles. The summed E-state index contributed by atoms with van der Waals surface area (Å²) in [6, 6.07) is 20.6. The molecule has 1 unspecified atom stereocenters. The van der Waals surface area contributed by atoms with Crippen molar-refractivity contribution in [2.45, 2.75) is 27.7 Å². The fraction of sp³-hybridized carbons (Fsp3) is 0.179. The lowest BCUT2D eigenvalue weighted by Gasteiger charge is -2.05. The van der Waals surface area contributed by atoms with E-state index in [-0.39, 0.29) is 5.91 Å². The van der Waals surface area contributed by atoms with Crippen molar-refractivity contribution in [3.8, 4) is 10.6 Å². The quantitative estimate of drug-likeness (QED) is 0.252. The third-order valence-electron chi connectivity index (χ3n) is 5.54. The van der Waals surface area contributed by atoms with Crippen LogP contribution < -0.4 is 16.4 Å². The zero-order chi connectivity index (χ0) is 26.9. The molecule has 4 N–H and O–H groups in total. The minimum atomic E-state index is -0.953. The van der Waals surface area contributed by atoms with E-state index in [2.05, 4.69) is 15.6 Å². The predicted molar refractivity (Wildman–Crippen MR) is 156 cm³/mol. The van der Waals surface area contributed by atoms with Crippen molar-refractivity contribution in [3.05, 3.63) is 88.9 Å². The van der Waals surface area contributed by atoms with E-state index in [0.717, 1.165) is 44.5 Å². The average molecular weight is 565 g/mol. The van der Waals surface area contributed by atoms with Gasteiger partial charge >= 0.3 is 0 Å². The summed E-state index contributed by atoms with van der Waals surface area (Å²) in [6.07, 6.45) is 3.45. The monoisotopic (exact) mass is 564 g/mol. The minimum absolute atomic E-state index is 0.139. The maximum atomic E-state index is 12.1. The largest absolute Gasteiger partial charge is 0.330 e. The van der Waals surface area contributed by atoms with Crippen LogP contribution in [0.3, 0.4) is 0 Å². The van der Waals surface area contributed by atoms with Crippen LogP contribution in [0.25, 0.3) is 10.6 Å². The van der Waals surface area contributed by atoms with Gasteiger partial charge in [0.25, 0.3) is 5.91 Å². The van der Waals surface area contributed by atoms with Crippen LogP contribution in [0.1, 0.15) is 32.0 Å². The molecule has 0 fully saturated rings. The third kappa shape index (κ3) is 7.03. The first-order valence-electron chi connectivity index (χ1n) is 12.0. The van der Waals surface area contributed by atoms with Crippen LogP contribution in [0.15, 0.2) is 87.6 Å². The summed E-state index contributed by atoms with van der Waals surface area (Å²) in [6.45, 7) is 1.41. The first-order valence-corrected chi connectivity index (χ1v) is 14.9. The van der Waals surface area contributed by atoms with Gasteiger partial charge in [-0.25, -0.2) is 4.98 Å². The molecule has 1 atom stereocenters. The minimum Gasteiger partial charge on any atom is -0.330 e. The van der Waals surface area contributed by atoms with Crippen molar-refractivity contribution in [2.75, 3.05) is 24.7 Å². The lowest BCUT2D eigenvalue weighted by molar-refractivity contribution is 0.102. The van der Waals surface area contributed by atoms with Crippen LogP contribution in [0.2, 0.25) is 0 Å². The van der Waals surface area contributed by atoms with E-state index in [9.17, 15) is 13.8 Å². The van der Waals surface area contributed by atoms with Gasteiger partial charge in [-0.1, -0.05) is 42.1 Å². The molecule has 5 rings (SSSR count). The molecule has 4 aromatic rings. The number of carbonyl (C=O) groups excluding carboxylic acids is 2. The fourth-order valence-electron chi connectivity index (χ4n) is 3.64. The van der Waals surface area contributed by atoms with Crippen molar-refractivity contribution in [1.29, 1.82) is 0 Å². The van der Waals surface area contributed by atoms with Gasteiger partial charge in [0.2, 0.25) is 0 Å². The van der Waals surface area contributed by atoms with E-state index in [1.807, 2.05) is 61.8 Å². The van der Waals surface area contributed by atoms with Gasteiger partial charge in [0.1, 0.15) is 11.3 Å². The highest BCUT2D eigenvalue weighted by Gasteiger charge is 2.19. The highest BCUT2D eigenvalue weighted by molar-refractivity contribution is 7.99. The van der Waals surface area contributed by atoms with E-state index in [1.165, 1.54) is 16.6 Å². The Hall–Kier alpha value is -3.15. The van der Waals surface area contributed by atoms with Gasteiger partial charge in [0.05, 0.1) is 22.1 Å². The molecule has 1 amide bonds. The second-order valence-electron chi connectivity index (χ2n) is 8.30. The first-order chi connectivity index (χ1) is 18.5. The van der Waals surface area contributed by atoms with Crippen molar-refractivity contribution < 1.29 is 13.8 Å². The molecule has 2 heterocycles. The smallest absolute Gasteiger partial charge is 0.256 e. The average Bonchev–Trinajstić information content (AvgIpc) is 3.36. The number of aromatic nitrogens is 1. The lowest BCUT2D eigenvalue weighted by Crippen LogP contribution is -2.11. The number of benzene rings is 3. The first kappa shape index (κ1) is 27.9. The molecule has 0 saturated carbocycles. The predicted octanol–water partition coefficient (Wildman–Crippen LogP) is 5.20. The second-order valence-corrected chi connectivity index (χ2v) is 12.1. The van der Waals surface area contributed by atoms with Gasteiger partial charge in [0.15, 0.2) is 0 Å². The van der Waals surface area contributed by atoms with Crippen molar-refractivity contribution >= 4 is 51.8 Å². The molecule has 0 aliphatic carbocycles. The van der Waals surface area contributed by atoms with Gasteiger partial charge in [-0.15, -0.1) is 11.3 Å². The highest BCUT2D eigenvalue weighted by atomic mass is 32.2. The Labute approximate surface area is 232 Å². The van der Waals surface area contributed by atoms with Gasteiger partial charge in [-0.05, 0) is 56.4 Å². The number of nitrogens with two attached hydrogens (primary N) is 1. The Bertz CT molecular complexity index is 1440. The Morgan fingerprint density at radius 1 is 1.08 bits per heavy atom. The van der Waals surface area contributed by atoms with Crippen LogP contribution in [-0.4, -0.2) is 40.7 Å². The summed E-state index contributed by atoms with van der Waals surface area (Å²) in [5.74, 6) is 0.485. The van der Waals surface area contributed by atoms with Crippen molar-refractivity contribution in [3.63, 3.8) is 0 Å². The molecule has 0 bridgehead atoms. The van der Waals surface area contributed by atoms with E-state index in [4.69, 9.17) is 5.73 Å². The van der Waals surface area contributed by atoms with Crippen molar-refractivity contribution in [1.82, 2.24) is 10.3 Å². The second kappa shape index (κ2) is 13.6. The van der Waals surface area contributed by atoms with Gasteiger partial charge in [-0.2, -0.15) is 0 Å². The number of amides is 1. The van der Waals surface area contributed by atoms with Crippen LogP contribution in [-0.2, 0) is 17.3 Å². The molecule has 10 heteroatoms. The van der Waals surface area contributed by atoms with E-state index in [0.29, 0.717) is 29.1 Å². The Morgan fingerprint density at radius 2 is 1.87 bits per heavy atom. The summed E-state index contributed by atoms with van der Waals surface area (Å²) >= 11 is 3.20. The van der Waals surface area contributed by atoms with E-state index >= 15 is 0 Å². The summed E-state index contributed by atoms with van der Waals surface area (Å²) in [4.78, 5) is 31.2. The molecule has 1 aliphatic rings. The summed E-state index contributed by atoms with van der Waals surface area (Å²) in [5, 5.41) is 6.94. The molecule has 0 radical (unpaired) electrons. The molecule has 1 aromatic heterocycles. The number of nitrogens with zero attached hydrogens (tertiary/aromatic N) is 1. The van der Waals surface area contributed by atoms with E-state index < -0.39 is 10.8 Å². The number of nitrogens with one attached hydrogen (secondary N) is 2. The summed E-state index contributed by atoms with van der Waals surface area (Å²) in [5.41, 5.74) is 8.40. The SMILES string of the molecule is CNCc1cnc(-c2ccc(S(=O)CCCN)cc2)s1.O=Cc1ccc2c(c1)NC(=O)c1ccccc1S2. The van der Waals surface area contributed by atoms with Crippen LogP contribution in [0, 0.1) is 0 Å². The Morgan fingerprint density at radius 3 is 2.61 bits per heavy atom. The van der Waals surface area contributed by atoms with Gasteiger partial charge in [0, 0.05) is 49.2 Å². The molecule has 7 nitrogen and oxygen atoms in total. The molecule has 38 heavy (non-hydrogen) atoms. The topological polar surface area (TPSA) is 114 Å².